The Morgan fingerprint density at radius 2 is 1.56 bits per heavy atom. The molecule has 11 nitrogen and oxygen atoms in total. The number of hydrogen-bond acceptors (Lipinski definition) is 10. The topological polar surface area (TPSA) is 149 Å². The molecular formula is C34H21BrCl2N4O7S2. The van der Waals surface area contributed by atoms with Gasteiger partial charge in [-0.15, -0.1) is 22.7 Å². The minimum Gasteiger partial charge on any atom is -0.490 e. The second kappa shape index (κ2) is 14.9. The van der Waals surface area contributed by atoms with Crippen molar-refractivity contribution in [2.24, 2.45) is 5.10 Å². The number of non-ortho nitro benzene ring substituents is 1. The fourth-order valence-corrected chi connectivity index (χ4v) is 8.09. The van der Waals surface area contributed by atoms with Crippen molar-refractivity contribution in [2.75, 3.05) is 11.9 Å². The van der Waals surface area contributed by atoms with Gasteiger partial charge in [-0.25, -0.2) is 10.2 Å². The summed E-state index contributed by atoms with van der Waals surface area (Å²) >= 11 is 18.6. The predicted octanol–water partition coefficient (Wildman–Crippen LogP) is 9.73. The number of anilines is 1. The van der Waals surface area contributed by atoms with E-state index >= 15 is 0 Å². The van der Waals surface area contributed by atoms with Gasteiger partial charge in [0.2, 0.25) is 0 Å². The van der Waals surface area contributed by atoms with E-state index in [4.69, 9.17) is 32.7 Å². The minimum absolute atomic E-state index is 0.0856. The van der Waals surface area contributed by atoms with Crippen molar-refractivity contribution >= 4 is 117 Å². The number of rotatable bonds is 10. The van der Waals surface area contributed by atoms with Crippen LogP contribution >= 0.6 is 61.8 Å². The number of esters is 1. The summed E-state index contributed by atoms with van der Waals surface area (Å²) in [6, 6.07) is 20.7. The van der Waals surface area contributed by atoms with E-state index in [1.807, 2.05) is 18.2 Å². The Morgan fingerprint density at radius 3 is 2.28 bits per heavy atom. The third kappa shape index (κ3) is 7.49. The monoisotopic (exact) mass is 810 g/mol. The van der Waals surface area contributed by atoms with E-state index < -0.39 is 16.8 Å². The molecule has 4 aromatic carbocycles. The van der Waals surface area contributed by atoms with Crippen LogP contribution in [0.3, 0.4) is 0 Å². The number of amides is 2. The Kier molecular flexibility index (Phi) is 10.5. The Bertz CT molecular complexity index is 2360. The van der Waals surface area contributed by atoms with Gasteiger partial charge in [-0.1, -0.05) is 45.2 Å². The van der Waals surface area contributed by atoms with E-state index in [0.29, 0.717) is 36.8 Å². The van der Waals surface area contributed by atoms with Gasteiger partial charge in [0, 0.05) is 48.0 Å². The molecular weight excluding hydrogens is 791 g/mol. The number of carbonyl (C=O) groups is 3. The van der Waals surface area contributed by atoms with Gasteiger partial charge in [-0.05, 0) is 73.2 Å². The quantitative estimate of drug-likeness (QED) is 0.0460. The van der Waals surface area contributed by atoms with Crippen molar-refractivity contribution in [3.05, 3.63) is 124 Å². The molecule has 6 rings (SSSR count). The molecule has 2 heterocycles. The smallest absolute Gasteiger partial charge is 0.355 e. The van der Waals surface area contributed by atoms with Crippen LogP contribution in [0.4, 0.5) is 11.4 Å². The Balaban J connectivity index is 1.08. The molecule has 0 fully saturated rings. The maximum absolute atomic E-state index is 13.1. The third-order valence-corrected chi connectivity index (χ3v) is 10.8. The van der Waals surface area contributed by atoms with Gasteiger partial charge in [0.25, 0.3) is 17.5 Å². The van der Waals surface area contributed by atoms with Gasteiger partial charge >= 0.3 is 5.97 Å². The van der Waals surface area contributed by atoms with Gasteiger partial charge in [0.15, 0.2) is 11.5 Å². The molecule has 0 unspecified atom stereocenters. The first-order valence-electron chi connectivity index (χ1n) is 14.5. The second-order valence-corrected chi connectivity index (χ2v) is 14.1. The number of hydrogen-bond donors (Lipinski definition) is 2. The number of nitro groups is 1. The molecule has 0 aliphatic heterocycles. The summed E-state index contributed by atoms with van der Waals surface area (Å²) in [6.07, 6.45) is 1.39. The number of hydrazone groups is 1. The van der Waals surface area contributed by atoms with Crippen LogP contribution in [0.1, 0.15) is 42.2 Å². The third-order valence-electron chi connectivity index (χ3n) is 7.06. The predicted molar refractivity (Wildman–Crippen MR) is 200 cm³/mol. The molecule has 0 radical (unpaired) electrons. The van der Waals surface area contributed by atoms with Crippen LogP contribution in [0.25, 0.3) is 20.2 Å². The maximum Gasteiger partial charge on any atom is 0.355 e. The highest BCUT2D eigenvalue weighted by atomic mass is 79.9. The molecule has 0 saturated heterocycles. The Labute approximate surface area is 309 Å². The fraction of sp³-hybridized carbons (Fsp3) is 0.0588. The van der Waals surface area contributed by atoms with Crippen molar-refractivity contribution < 1.29 is 28.8 Å². The molecule has 2 aromatic heterocycles. The van der Waals surface area contributed by atoms with Crippen molar-refractivity contribution in [1.29, 1.82) is 0 Å². The van der Waals surface area contributed by atoms with Gasteiger partial charge in [0.1, 0.15) is 9.75 Å². The lowest BCUT2D eigenvalue weighted by atomic mass is 10.2. The highest BCUT2D eigenvalue weighted by Crippen LogP contribution is 2.39. The second-order valence-electron chi connectivity index (χ2n) is 10.3. The minimum atomic E-state index is -0.753. The summed E-state index contributed by atoms with van der Waals surface area (Å²) in [7, 11) is 0. The zero-order valence-corrected chi connectivity index (χ0v) is 30.2. The molecule has 0 spiro atoms. The molecule has 0 aliphatic rings. The van der Waals surface area contributed by atoms with Gasteiger partial charge in [0.05, 0.1) is 27.8 Å². The number of benzene rings is 4. The molecule has 0 aliphatic carbocycles. The first kappa shape index (κ1) is 35.0. The van der Waals surface area contributed by atoms with Crippen molar-refractivity contribution in [2.45, 2.75) is 6.92 Å². The zero-order chi connectivity index (χ0) is 35.5. The number of fused-ring (bicyclic) bond motifs is 2. The Morgan fingerprint density at radius 1 is 0.880 bits per heavy atom. The Hall–Kier alpha value is -4.86. The molecule has 0 bridgehead atoms. The van der Waals surface area contributed by atoms with E-state index in [1.165, 1.54) is 41.8 Å². The van der Waals surface area contributed by atoms with Crippen LogP contribution in [0, 0.1) is 10.1 Å². The van der Waals surface area contributed by atoms with Crippen LogP contribution < -0.4 is 20.2 Å². The summed E-state index contributed by atoms with van der Waals surface area (Å²) in [5.74, 6) is -1.24. The van der Waals surface area contributed by atoms with Crippen LogP contribution in [-0.4, -0.2) is 35.5 Å². The van der Waals surface area contributed by atoms with E-state index in [0.717, 1.165) is 25.9 Å². The summed E-state index contributed by atoms with van der Waals surface area (Å²) in [5, 5.41) is 19.8. The van der Waals surface area contributed by atoms with Crippen molar-refractivity contribution in [3.63, 3.8) is 0 Å². The number of nitrogens with zero attached hydrogens (tertiary/aromatic N) is 2. The van der Waals surface area contributed by atoms with Crippen LogP contribution in [-0.2, 0) is 0 Å². The lowest BCUT2D eigenvalue weighted by Gasteiger charge is -2.11. The zero-order valence-electron chi connectivity index (χ0n) is 25.5. The summed E-state index contributed by atoms with van der Waals surface area (Å²) in [4.78, 5) is 49.8. The molecule has 16 heteroatoms. The van der Waals surface area contributed by atoms with Crippen molar-refractivity contribution in [1.82, 2.24) is 5.43 Å². The highest BCUT2D eigenvalue weighted by Gasteiger charge is 2.22. The lowest BCUT2D eigenvalue weighted by Crippen LogP contribution is -2.17. The summed E-state index contributed by atoms with van der Waals surface area (Å²) in [6.45, 7) is 2.03. The molecule has 0 atom stereocenters. The highest BCUT2D eigenvalue weighted by molar-refractivity contribution is 9.10. The fourth-order valence-electron chi connectivity index (χ4n) is 4.71. The van der Waals surface area contributed by atoms with Gasteiger partial charge in [-0.2, -0.15) is 5.10 Å². The normalized spacial score (nSPS) is 11.2. The van der Waals surface area contributed by atoms with E-state index in [-0.39, 0.29) is 39.6 Å². The SMILES string of the molecule is CCOc1cc(/C=N\NC(=O)c2ccc(NC(=O)c3sc4cc(Br)ccc4c3Cl)cc2)ccc1OC(=O)c1sc2cc([N+](=O)[O-])ccc2c1Cl. The van der Waals surface area contributed by atoms with Crippen LogP contribution in [0.15, 0.2) is 88.4 Å². The largest absolute Gasteiger partial charge is 0.490 e. The van der Waals surface area contributed by atoms with Gasteiger partial charge < -0.3 is 14.8 Å². The number of halogens is 3. The first-order valence-corrected chi connectivity index (χ1v) is 17.7. The van der Waals surface area contributed by atoms with Crippen LogP contribution in [0.5, 0.6) is 11.5 Å². The van der Waals surface area contributed by atoms with E-state index in [9.17, 15) is 24.5 Å². The average Bonchev–Trinajstić information content (AvgIpc) is 3.61. The first-order chi connectivity index (χ1) is 24.0. The number of nitro benzene ring substituents is 1. The molecule has 50 heavy (non-hydrogen) atoms. The molecule has 2 amide bonds. The number of thiophene rings is 2. The molecule has 6 aromatic rings. The number of ether oxygens (including phenoxy) is 2. The molecule has 252 valence electrons. The van der Waals surface area contributed by atoms with Gasteiger partial charge in [-0.3, -0.25) is 19.7 Å². The van der Waals surface area contributed by atoms with E-state index in [2.05, 4.69) is 31.8 Å². The molecule has 2 N–H and O–H groups in total. The maximum atomic E-state index is 13.1. The summed E-state index contributed by atoms with van der Waals surface area (Å²) < 4.78 is 13.5. The van der Waals surface area contributed by atoms with E-state index in [1.54, 1.807) is 43.3 Å². The van der Waals surface area contributed by atoms with Crippen molar-refractivity contribution in [3.8, 4) is 11.5 Å². The summed E-state index contributed by atoms with van der Waals surface area (Å²) in [5.41, 5.74) is 3.65. The number of nitrogens with one attached hydrogen (secondary N) is 2. The number of carbonyl (C=O) groups excluding carboxylic acids is 3. The average molecular weight is 813 g/mol. The van der Waals surface area contributed by atoms with Crippen LogP contribution in [0.2, 0.25) is 10.0 Å². The molecule has 0 saturated carbocycles. The lowest BCUT2D eigenvalue weighted by molar-refractivity contribution is -0.384. The standard InChI is InChI=1S/C34H21BrCl2N4O7S2/c1-2-47-25-13-17(3-12-24(25)48-34(44)31-29(37)23-11-9-21(41(45)46)15-27(23)50-31)16-38-40-32(42)18-4-7-20(8-5-18)39-33(43)30-28(36)22-10-6-19(35)14-26(22)49-30/h3-16H,2H2,1H3,(H,39,43)(H,40,42)/b38-16-.